The Morgan fingerprint density at radius 3 is 2.42 bits per heavy atom. The van der Waals surface area contributed by atoms with Crippen LogP contribution in [0.2, 0.25) is 0 Å². The molecule has 1 heterocycles. The van der Waals surface area contributed by atoms with Gasteiger partial charge in [-0.3, -0.25) is 0 Å². The van der Waals surface area contributed by atoms with Gasteiger partial charge in [-0.1, -0.05) is 6.58 Å². The van der Waals surface area contributed by atoms with Gasteiger partial charge >= 0.3 is 0 Å². The predicted octanol–water partition coefficient (Wildman–Crippen LogP) is 1.43. The molecular formula is C10H20NO+. The molecule has 2 heteroatoms. The van der Waals surface area contributed by atoms with Gasteiger partial charge in [-0.25, -0.2) is 0 Å². The molecule has 2 nitrogen and oxygen atoms in total. The van der Waals surface area contributed by atoms with E-state index in [2.05, 4.69) is 34.6 Å². The third kappa shape index (κ3) is 2.61. The van der Waals surface area contributed by atoms with Crippen molar-refractivity contribution >= 4 is 0 Å². The van der Waals surface area contributed by atoms with Crippen molar-refractivity contribution in [2.75, 3.05) is 27.7 Å². The van der Waals surface area contributed by atoms with E-state index in [0.717, 1.165) is 17.4 Å². The van der Waals surface area contributed by atoms with Crippen LogP contribution in [-0.4, -0.2) is 44.4 Å². The smallest absolute Gasteiger partial charge is 0.111 e. The monoisotopic (exact) mass is 170 g/mol. The van der Waals surface area contributed by atoms with E-state index in [9.17, 15) is 0 Å². The molecule has 0 aromatic heterocycles. The van der Waals surface area contributed by atoms with Gasteiger partial charge in [-0.05, 0) is 12.5 Å². The normalized spacial score (nSPS) is 31.2. The van der Waals surface area contributed by atoms with Crippen LogP contribution in [0.3, 0.4) is 0 Å². The maximum atomic E-state index is 5.73. The second kappa shape index (κ2) is 3.19. The number of rotatable bonds is 2. The predicted molar refractivity (Wildman–Crippen MR) is 51.0 cm³/mol. The Bertz CT molecular complexity index is 181. The maximum absolute atomic E-state index is 5.73. The lowest BCUT2D eigenvalue weighted by Gasteiger charge is -2.26. The molecule has 0 bridgehead atoms. The van der Waals surface area contributed by atoms with Crippen molar-refractivity contribution in [3.8, 4) is 0 Å². The van der Waals surface area contributed by atoms with E-state index in [4.69, 9.17) is 4.74 Å². The Labute approximate surface area is 75.4 Å². The topological polar surface area (TPSA) is 9.23 Å². The SMILES string of the molecule is C=C1C[C@H](C[N+](C)(C)C)O[C@H]1C. The average molecular weight is 170 g/mol. The van der Waals surface area contributed by atoms with Gasteiger partial charge < -0.3 is 9.22 Å². The minimum Gasteiger partial charge on any atom is -0.365 e. The molecule has 0 aromatic carbocycles. The lowest BCUT2D eigenvalue weighted by Crippen LogP contribution is -2.41. The highest BCUT2D eigenvalue weighted by Crippen LogP contribution is 2.24. The van der Waals surface area contributed by atoms with Crippen LogP contribution in [0.1, 0.15) is 13.3 Å². The Morgan fingerprint density at radius 2 is 2.08 bits per heavy atom. The molecule has 0 saturated carbocycles. The molecular weight excluding hydrogens is 150 g/mol. The van der Waals surface area contributed by atoms with E-state index in [0.29, 0.717) is 6.10 Å². The zero-order valence-corrected chi connectivity index (χ0v) is 8.63. The van der Waals surface area contributed by atoms with Crippen molar-refractivity contribution in [2.24, 2.45) is 0 Å². The summed E-state index contributed by atoms with van der Waals surface area (Å²) in [6.07, 6.45) is 1.69. The summed E-state index contributed by atoms with van der Waals surface area (Å²) in [5, 5.41) is 0. The molecule has 12 heavy (non-hydrogen) atoms. The van der Waals surface area contributed by atoms with Gasteiger partial charge in [-0.15, -0.1) is 0 Å². The summed E-state index contributed by atoms with van der Waals surface area (Å²) in [6.45, 7) is 7.14. The lowest BCUT2D eigenvalue weighted by molar-refractivity contribution is -0.873. The fraction of sp³-hybridized carbons (Fsp3) is 0.800. The second-order valence-electron chi connectivity index (χ2n) is 4.74. The lowest BCUT2D eigenvalue weighted by atomic mass is 10.1. The standard InChI is InChI=1S/C10H20NO/c1-8-6-10(12-9(8)2)7-11(3,4)5/h9-10H,1,6-7H2,2-5H3/q+1/t9-,10+/m0/s1. The van der Waals surface area contributed by atoms with Gasteiger partial charge in [0, 0.05) is 6.42 Å². The third-order valence-electron chi connectivity index (χ3n) is 2.21. The quantitative estimate of drug-likeness (QED) is 0.450. The highest BCUT2D eigenvalue weighted by atomic mass is 16.5. The van der Waals surface area contributed by atoms with Crippen LogP contribution in [0.5, 0.6) is 0 Å². The van der Waals surface area contributed by atoms with Gasteiger partial charge in [-0.2, -0.15) is 0 Å². The van der Waals surface area contributed by atoms with Crippen LogP contribution in [0.25, 0.3) is 0 Å². The minimum absolute atomic E-state index is 0.265. The van der Waals surface area contributed by atoms with Crippen LogP contribution < -0.4 is 0 Å². The molecule has 0 N–H and O–H groups in total. The van der Waals surface area contributed by atoms with Crippen LogP contribution in [0.15, 0.2) is 12.2 Å². The number of nitrogens with zero attached hydrogens (tertiary/aromatic N) is 1. The summed E-state index contributed by atoms with van der Waals surface area (Å²) >= 11 is 0. The molecule has 2 atom stereocenters. The summed E-state index contributed by atoms with van der Waals surface area (Å²) < 4.78 is 6.70. The summed E-state index contributed by atoms with van der Waals surface area (Å²) in [5.74, 6) is 0. The van der Waals surface area contributed by atoms with Gasteiger partial charge in [0.2, 0.25) is 0 Å². The fourth-order valence-electron chi connectivity index (χ4n) is 1.61. The number of ether oxygens (including phenoxy) is 1. The van der Waals surface area contributed by atoms with Crippen LogP contribution in [-0.2, 0) is 4.74 Å². The van der Waals surface area contributed by atoms with Gasteiger partial charge in [0.1, 0.15) is 12.6 Å². The highest BCUT2D eigenvalue weighted by molar-refractivity contribution is 5.07. The molecule has 1 rings (SSSR count). The Balaban J connectivity index is 2.43. The first-order chi connectivity index (χ1) is 5.38. The van der Waals surface area contributed by atoms with E-state index in [1.54, 1.807) is 0 Å². The molecule has 1 aliphatic rings. The molecule has 0 spiro atoms. The number of hydrogen-bond donors (Lipinski definition) is 0. The molecule has 1 aliphatic heterocycles. The third-order valence-corrected chi connectivity index (χ3v) is 2.21. The van der Waals surface area contributed by atoms with Crippen molar-refractivity contribution < 1.29 is 9.22 Å². The summed E-state index contributed by atoms with van der Waals surface area (Å²) in [4.78, 5) is 0. The van der Waals surface area contributed by atoms with E-state index in [1.807, 2.05) is 0 Å². The maximum Gasteiger partial charge on any atom is 0.111 e. The Morgan fingerprint density at radius 1 is 1.50 bits per heavy atom. The number of hydrogen-bond acceptors (Lipinski definition) is 1. The first-order valence-electron chi connectivity index (χ1n) is 4.52. The molecule has 1 saturated heterocycles. The van der Waals surface area contributed by atoms with Gasteiger partial charge in [0.15, 0.2) is 0 Å². The largest absolute Gasteiger partial charge is 0.365 e. The molecule has 0 amide bonds. The Kier molecular flexibility index (Phi) is 2.59. The van der Waals surface area contributed by atoms with Gasteiger partial charge in [0.05, 0.1) is 27.2 Å². The first kappa shape index (κ1) is 9.75. The molecule has 1 fully saturated rings. The molecule has 0 unspecified atom stereocenters. The summed E-state index contributed by atoms with van der Waals surface area (Å²) in [6, 6.07) is 0. The van der Waals surface area contributed by atoms with Crippen molar-refractivity contribution in [1.29, 1.82) is 0 Å². The second-order valence-corrected chi connectivity index (χ2v) is 4.74. The van der Waals surface area contributed by atoms with Crippen LogP contribution >= 0.6 is 0 Å². The van der Waals surface area contributed by atoms with Crippen molar-refractivity contribution in [3.05, 3.63) is 12.2 Å². The summed E-state index contributed by atoms with van der Waals surface area (Å²) in [7, 11) is 6.57. The fourth-order valence-corrected chi connectivity index (χ4v) is 1.61. The van der Waals surface area contributed by atoms with E-state index in [1.165, 1.54) is 5.57 Å². The van der Waals surface area contributed by atoms with Crippen LogP contribution in [0.4, 0.5) is 0 Å². The molecule has 0 radical (unpaired) electrons. The van der Waals surface area contributed by atoms with E-state index < -0.39 is 0 Å². The molecule has 70 valence electrons. The molecule has 0 aliphatic carbocycles. The van der Waals surface area contributed by atoms with Gasteiger partial charge in [0.25, 0.3) is 0 Å². The zero-order valence-electron chi connectivity index (χ0n) is 8.63. The minimum atomic E-state index is 0.265. The van der Waals surface area contributed by atoms with Crippen LogP contribution in [0, 0.1) is 0 Å². The van der Waals surface area contributed by atoms with E-state index >= 15 is 0 Å². The highest BCUT2D eigenvalue weighted by Gasteiger charge is 2.29. The number of likely N-dealkylation sites (N-methyl/N-ethyl adjacent to an activating group) is 1. The zero-order chi connectivity index (χ0) is 9.35. The first-order valence-corrected chi connectivity index (χ1v) is 4.52. The summed E-state index contributed by atoms with van der Waals surface area (Å²) in [5.41, 5.74) is 1.24. The van der Waals surface area contributed by atoms with Crippen molar-refractivity contribution in [3.63, 3.8) is 0 Å². The van der Waals surface area contributed by atoms with Crippen molar-refractivity contribution in [1.82, 2.24) is 0 Å². The van der Waals surface area contributed by atoms with Crippen molar-refractivity contribution in [2.45, 2.75) is 25.6 Å². The number of quaternary nitrogens is 1. The van der Waals surface area contributed by atoms with E-state index in [-0.39, 0.29) is 6.10 Å². The average Bonchev–Trinajstić information content (AvgIpc) is 2.07. The Hall–Kier alpha value is -0.340. The molecule has 0 aromatic rings.